The number of nitrogens with zero attached hydrogens (tertiary/aromatic N) is 3. The molecule has 2 heterocycles. The molecular formula is C20H25Cl2FN4O3S. The van der Waals surface area contributed by atoms with E-state index >= 15 is 0 Å². The minimum Gasteiger partial charge on any atom is -0.375 e. The third-order valence-corrected chi connectivity index (χ3v) is 7.74. The summed E-state index contributed by atoms with van der Waals surface area (Å²) in [5.74, 6) is -0.973. The molecule has 1 aliphatic rings. The van der Waals surface area contributed by atoms with Crippen molar-refractivity contribution in [3.63, 3.8) is 0 Å². The number of benzene rings is 1. The Balaban J connectivity index is 1.94. The van der Waals surface area contributed by atoms with Gasteiger partial charge < -0.3 is 14.5 Å². The van der Waals surface area contributed by atoms with Crippen LogP contribution in [0.15, 0.2) is 29.2 Å². The predicted molar refractivity (Wildman–Crippen MR) is 121 cm³/mol. The first-order valence-electron chi connectivity index (χ1n) is 9.57. The van der Waals surface area contributed by atoms with Gasteiger partial charge >= 0.3 is 0 Å². The van der Waals surface area contributed by atoms with Crippen LogP contribution in [0.5, 0.6) is 0 Å². The number of aromatic nitrogens is 1. The number of likely N-dealkylation sites (N-methyl/N-ethyl adjacent to an activating group) is 1. The van der Waals surface area contributed by atoms with Crippen LogP contribution in [-0.2, 0) is 14.8 Å². The first-order valence-corrected chi connectivity index (χ1v) is 11.8. The molecule has 1 fully saturated rings. The summed E-state index contributed by atoms with van der Waals surface area (Å²) >= 11 is 12.9. The number of anilines is 2. The molecule has 2 aromatic rings. The Hall–Kier alpha value is -1.65. The van der Waals surface area contributed by atoms with Gasteiger partial charge in [-0.2, -0.15) is 4.39 Å². The summed E-state index contributed by atoms with van der Waals surface area (Å²) in [4.78, 5) is 7.42. The molecular weight excluding hydrogens is 466 g/mol. The zero-order chi connectivity index (χ0) is 23.0. The van der Waals surface area contributed by atoms with Gasteiger partial charge in [-0.25, -0.2) is 13.4 Å². The molecule has 1 aromatic carbocycles. The van der Waals surface area contributed by atoms with Crippen LogP contribution in [0.3, 0.4) is 0 Å². The van der Waals surface area contributed by atoms with Crippen molar-refractivity contribution in [2.75, 3.05) is 50.5 Å². The molecule has 7 nitrogen and oxygen atoms in total. The van der Waals surface area contributed by atoms with Crippen molar-refractivity contribution >= 4 is 44.7 Å². The van der Waals surface area contributed by atoms with Gasteiger partial charge in [0.1, 0.15) is 10.7 Å². The van der Waals surface area contributed by atoms with Crippen molar-refractivity contribution in [2.45, 2.75) is 23.8 Å². The SMILES string of the molecule is CO[C@@]1(CN(C)C)CCN(c2cc(Cl)c(S(=O)(=O)Nc3cccc(F)n3)c(Cl)c2C)C1. The lowest BCUT2D eigenvalue weighted by Crippen LogP contribution is -2.44. The fraction of sp³-hybridized carbons (Fsp3) is 0.450. The van der Waals surface area contributed by atoms with Crippen LogP contribution in [-0.4, -0.2) is 64.7 Å². The quantitative estimate of drug-likeness (QED) is 0.595. The normalized spacial score (nSPS) is 19.3. The number of pyridine rings is 1. The molecule has 11 heteroatoms. The minimum atomic E-state index is -4.19. The molecule has 1 atom stereocenters. The Morgan fingerprint density at radius 2 is 2.06 bits per heavy atom. The Morgan fingerprint density at radius 1 is 1.35 bits per heavy atom. The van der Waals surface area contributed by atoms with E-state index < -0.39 is 16.0 Å². The average molecular weight is 491 g/mol. The zero-order valence-electron chi connectivity index (χ0n) is 17.7. The van der Waals surface area contributed by atoms with Crippen LogP contribution in [0.25, 0.3) is 0 Å². The first kappa shape index (κ1) is 24.0. The Labute approximate surface area is 192 Å². The fourth-order valence-corrected chi connectivity index (χ4v) is 6.15. The van der Waals surface area contributed by atoms with E-state index in [1.165, 1.54) is 12.1 Å². The summed E-state index contributed by atoms with van der Waals surface area (Å²) in [7, 11) is 1.48. The summed E-state index contributed by atoms with van der Waals surface area (Å²) in [6, 6.07) is 5.39. The van der Waals surface area contributed by atoms with Crippen molar-refractivity contribution in [2.24, 2.45) is 0 Å². The van der Waals surface area contributed by atoms with Gasteiger partial charge in [-0.3, -0.25) is 4.72 Å². The van der Waals surface area contributed by atoms with E-state index in [0.29, 0.717) is 18.7 Å². The summed E-state index contributed by atoms with van der Waals surface area (Å²) in [6.07, 6.45) is 0.809. The van der Waals surface area contributed by atoms with Gasteiger partial charge in [0.25, 0.3) is 10.0 Å². The molecule has 0 radical (unpaired) electrons. The van der Waals surface area contributed by atoms with Crippen LogP contribution >= 0.6 is 23.2 Å². The maximum absolute atomic E-state index is 13.3. The highest BCUT2D eigenvalue weighted by Gasteiger charge is 2.40. The van der Waals surface area contributed by atoms with Crippen LogP contribution in [0.2, 0.25) is 10.0 Å². The number of hydrogen-bond acceptors (Lipinski definition) is 6. The molecule has 0 aliphatic carbocycles. The maximum atomic E-state index is 13.3. The molecule has 1 saturated heterocycles. The molecule has 1 N–H and O–H groups in total. The van der Waals surface area contributed by atoms with Crippen LogP contribution in [0.4, 0.5) is 15.9 Å². The molecule has 1 aromatic heterocycles. The third-order valence-electron chi connectivity index (χ3n) is 5.31. The molecule has 170 valence electrons. The summed E-state index contributed by atoms with van der Waals surface area (Å²) in [5, 5.41) is -0.0223. The van der Waals surface area contributed by atoms with E-state index in [0.717, 1.165) is 24.7 Å². The number of halogens is 3. The van der Waals surface area contributed by atoms with Crippen LogP contribution in [0.1, 0.15) is 12.0 Å². The highest BCUT2D eigenvalue weighted by atomic mass is 35.5. The highest BCUT2D eigenvalue weighted by molar-refractivity contribution is 7.93. The topological polar surface area (TPSA) is 74.8 Å². The van der Waals surface area contributed by atoms with Gasteiger partial charge in [-0.05, 0) is 51.2 Å². The van der Waals surface area contributed by atoms with E-state index in [1.807, 2.05) is 14.1 Å². The lowest BCUT2D eigenvalue weighted by molar-refractivity contribution is -0.0100. The number of rotatable bonds is 7. The molecule has 3 rings (SSSR count). The average Bonchev–Trinajstić information content (AvgIpc) is 3.07. The van der Waals surface area contributed by atoms with Gasteiger partial charge in [0.2, 0.25) is 5.95 Å². The lowest BCUT2D eigenvalue weighted by Gasteiger charge is -2.31. The number of methoxy groups -OCH3 is 1. The van der Waals surface area contributed by atoms with Gasteiger partial charge in [0, 0.05) is 32.4 Å². The monoisotopic (exact) mass is 490 g/mol. The summed E-state index contributed by atoms with van der Waals surface area (Å²) in [5.41, 5.74) is 0.982. The second kappa shape index (κ2) is 9.07. The van der Waals surface area contributed by atoms with Crippen molar-refractivity contribution in [3.8, 4) is 0 Å². The van der Waals surface area contributed by atoms with Crippen molar-refractivity contribution < 1.29 is 17.5 Å². The number of nitrogens with one attached hydrogen (secondary N) is 1. The van der Waals surface area contributed by atoms with Crippen molar-refractivity contribution in [1.82, 2.24) is 9.88 Å². The number of hydrogen-bond donors (Lipinski definition) is 1. The van der Waals surface area contributed by atoms with Gasteiger partial charge in [-0.1, -0.05) is 29.3 Å². The summed E-state index contributed by atoms with van der Waals surface area (Å²) < 4.78 is 47.3. The Bertz CT molecular complexity index is 1080. The maximum Gasteiger partial charge on any atom is 0.266 e. The largest absolute Gasteiger partial charge is 0.375 e. The van der Waals surface area contributed by atoms with E-state index in [1.54, 1.807) is 20.1 Å². The second-order valence-electron chi connectivity index (χ2n) is 7.89. The van der Waals surface area contributed by atoms with E-state index in [4.69, 9.17) is 27.9 Å². The molecule has 0 unspecified atom stereocenters. The molecule has 0 amide bonds. The van der Waals surface area contributed by atoms with Crippen molar-refractivity contribution in [1.29, 1.82) is 0 Å². The lowest BCUT2D eigenvalue weighted by atomic mass is 10.0. The number of ether oxygens (including phenoxy) is 1. The summed E-state index contributed by atoms with van der Waals surface area (Å²) in [6.45, 7) is 3.82. The van der Waals surface area contributed by atoms with Crippen LogP contribution in [0, 0.1) is 12.9 Å². The zero-order valence-corrected chi connectivity index (χ0v) is 20.1. The molecule has 0 spiro atoms. The second-order valence-corrected chi connectivity index (χ2v) is 10.3. The Morgan fingerprint density at radius 3 is 2.68 bits per heavy atom. The number of sulfonamides is 1. The van der Waals surface area contributed by atoms with Gasteiger partial charge in [-0.15, -0.1) is 0 Å². The predicted octanol–water partition coefficient (Wildman–Crippen LogP) is 3.79. The van der Waals surface area contributed by atoms with E-state index in [-0.39, 0.29) is 26.4 Å². The molecule has 0 saturated carbocycles. The van der Waals surface area contributed by atoms with Crippen molar-refractivity contribution in [3.05, 3.63) is 45.8 Å². The smallest absolute Gasteiger partial charge is 0.266 e. The van der Waals surface area contributed by atoms with Crippen LogP contribution < -0.4 is 9.62 Å². The third kappa shape index (κ3) is 5.06. The van der Waals surface area contributed by atoms with E-state index in [9.17, 15) is 12.8 Å². The van der Waals surface area contributed by atoms with Gasteiger partial charge in [0.15, 0.2) is 0 Å². The molecule has 31 heavy (non-hydrogen) atoms. The highest BCUT2D eigenvalue weighted by Crippen LogP contribution is 2.41. The van der Waals surface area contributed by atoms with Gasteiger partial charge in [0.05, 0.1) is 15.6 Å². The minimum absolute atomic E-state index is 0.00827. The molecule has 0 bridgehead atoms. The fourth-order valence-electron chi connectivity index (χ4n) is 3.90. The van der Waals surface area contributed by atoms with E-state index in [2.05, 4.69) is 19.5 Å². The Kier molecular flexibility index (Phi) is 7.02. The standard InChI is InChI=1S/C20H25Cl2FN4O3S/c1-13-15(27-9-8-20(12-27,30-4)11-26(2)3)10-14(21)19(18(13)22)31(28,29)25-17-7-5-6-16(23)24-17/h5-7,10H,8-9,11-12H2,1-4H3,(H,24,25)/t20-/m1/s1. The molecule has 1 aliphatic heterocycles. The first-order chi connectivity index (χ1) is 14.5.